The quantitative estimate of drug-likeness (QED) is 0.425. The van der Waals surface area contributed by atoms with E-state index >= 15 is 0 Å². The summed E-state index contributed by atoms with van der Waals surface area (Å²) in [5.74, 6) is 0. The van der Waals surface area contributed by atoms with Crippen LogP contribution in [0.4, 0.5) is 0 Å². The van der Waals surface area contributed by atoms with Gasteiger partial charge in [0.1, 0.15) is 0 Å². The molecule has 1 rings (SSSR count). The second-order valence-corrected chi connectivity index (χ2v) is 3.20. The molecule has 64 valence electrons. The van der Waals surface area contributed by atoms with Crippen molar-refractivity contribution in [3.8, 4) is 0 Å². The predicted molar refractivity (Wildman–Crippen MR) is 50.4 cm³/mol. The maximum absolute atomic E-state index is 8.38. The topological polar surface area (TPSA) is 32.6 Å². The lowest BCUT2D eigenvalue weighted by Gasteiger charge is -1.99. The van der Waals surface area contributed by atoms with E-state index in [2.05, 4.69) is 5.16 Å². The van der Waals surface area contributed by atoms with Crippen LogP contribution in [-0.2, 0) is 0 Å². The molecule has 0 radical (unpaired) electrons. The van der Waals surface area contributed by atoms with Gasteiger partial charge in [-0.2, -0.15) is 0 Å². The first-order chi connectivity index (χ1) is 5.63. The van der Waals surface area contributed by atoms with Crippen LogP contribution in [0.2, 0.25) is 5.02 Å². The van der Waals surface area contributed by atoms with Gasteiger partial charge in [0, 0.05) is 10.6 Å². The molecule has 4 heteroatoms. The summed E-state index contributed by atoms with van der Waals surface area (Å²) in [6, 6.07) is 5.22. The fourth-order valence-corrected chi connectivity index (χ4v) is 1.31. The molecule has 0 aliphatic carbocycles. The molecule has 0 heterocycles. The molecule has 0 saturated heterocycles. The largest absolute Gasteiger partial charge is 0.410 e. The zero-order valence-electron chi connectivity index (χ0n) is 6.38. The zero-order chi connectivity index (χ0) is 9.14. The van der Waals surface area contributed by atoms with Crippen LogP contribution in [0.1, 0.15) is 11.1 Å². The number of hydrogen-bond donors (Lipinski definition) is 1. The highest BCUT2D eigenvalue weighted by Gasteiger charge is 2.01. The summed E-state index contributed by atoms with van der Waals surface area (Å²) < 4.78 is 0. The van der Waals surface area contributed by atoms with Crippen molar-refractivity contribution in [3.63, 3.8) is 0 Å². The van der Waals surface area contributed by atoms with Crippen molar-refractivity contribution in [1.29, 1.82) is 0 Å². The molecule has 0 fully saturated rings. The Morgan fingerprint density at radius 3 is 2.58 bits per heavy atom. The van der Waals surface area contributed by atoms with Gasteiger partial charge < -0.3 is 5.21 Å². The first kappa shape index (κ1) is 9.36. The van der Waals surface area contributed by atoms with Gasteiger partial charge >= 0.3 is 0 Å². The SMILES string of the molecule is Cc1cc(Cl)cc(C(Cl)=NO)c1. The molecule has 2 nitrogen and oxygen atoms in total. The first-order valence-electron chi connectivity index (χ1n) is 3.28. The number of hydrogen-bond acceptors (Lipinski definition) is 2. The van der Waals surface area contributed by atoms with Crippen LogP contribution in [0.15, 0.2) is 23.4 Å². The normalized spacial score (nSPS) is 11.8. The van der Waals surface area contributed by atoms with Crippen molar-refractivity contribution in [3.05, 3.63) is 34.3 Å². The lowest BCUT2D eigenvalue weighted by atomic mass is 10.1. The minimum Gasteiger partial charge on any atom is -0.410 e. The zero-order valence-corrected chi connectivity index (χ0v) is 7.89. The molecule has 0 atom stereocenters. The van der Waals surface area contributed by atoms with Crippen molar-refractivity contribution >= 4 is 28.4 Å². The summed E-state index contributed by atoms with van der Waals surface area (Å²) in [5.41, 5.74) is 1.59. The predicted octanol–water partition coefficient (Wildman–Crippen LogP) is 3.02. The van der Waals surface area contributed by atoms with E-state index in [1.165, 1.54) is 0 Å². The van der Waals surface area contributed by atoms with E-state index in [9.17, 15) is 0 Å². The smallest absolute Gasteiger partial charge is 0.175 e. The summed E-state index contributed by atoms with van der Waals surface area (Å²) in [5, 5.41) is 11.9. The Hall–Kier alpha value is -0.730. The Kier molecular flexibility index (Phi) is 2.95. The van der Waals surface area contributed by atoms with Gasteiger partial charge in [-0.25, -0.2) is 0 Å². The Balaban J connectivity index is 3.17. The van der Waals surface area contributed by atoms with Crippen LogP contribution >= 0.6 is 23.2 Å². The van der Waals surface area contributed by atoms with E-state index in [0.717, 1.165) is 5.56 Å². The minimum atomic E-state index is 0.0422. The molecule has 0 unspecified atom stereocenters. The average molecular weight is 204 g/mol. The first-order valence-corrected chi connectivity index (χ1v) is 4.04. The summed E-state index contributed by atoms with van der Waals surface area (Å²) in [6.07, 6.45) is 0. The van der Waals surface area contributed by atoms with Gasteiger partial charge in [-0.3, -0.25) is 0 Å². The number of aryl methyl sites for hydroxylation is 1. The molecule has 12 heavy (non-hydrogen) atoms. The lowest BCUT2D eigenvalue weighted by Crippen LogP contribution is -1.91. The van der Waals surface area contributed by atoms with E-state index in [1.807, 2.05) is 6.92 Å². The molecule has 0 aromatic heterocycles. The highest BCUT2D eigenvalue weighted by Crippen LogP contribution is 2.16. The van der Waals surface area contributed by atoms with Gasteiger partial charge in [0.15, 0.2) is 5.17 Å². The van der Waals surface area contributed by atoms with Crippen molar-refractivity contribution in [2.75, 3.05) is 0 Å². The summed E-state index contributed by atoms with van der Waals surface area (Å²) in [7, 11) is 0. The fourth-order valence-electron chi connectivity index (χ4n) is 0.913. The molecule has 0 spiro atoms. The summed E-state index contributed by atoms with van der Waals surface area (Å²) in [4.78, 5) is 0. The van der Waals surface area contributed by atoms with E-state index in [1.54, 1.807) is 18.2 Å². The second kappa shape index (κ2) is 3.78. The third-order valence-electron chi connectivity index (χ3n) is 1.37. The van der Waals surface area contributed by atoms with Gasteiger partial charge in [0.2, 0.25) is 0 Å². The number of nitrogens with zero attached hydrogens (tertiary/aromatic N) is 1. The van der Waals surface area contributed by atoms with Crippen LogP contribution in [0.3, 0.4) is 0 Å². The van der Waals surface area contributed by atoms with Gasteiger partial charge in [-0.05, 0) is 30.7 Å². The van der Waals surface area contributed by atoms with Crippen LogP contribution in [0, 0.1) is 6.92 Å². The van der Waals surface area contributed by atoms with Gasteiger partial charge in [0.25, 0.3) is 0 Å². The standard InChI is InChI=1S/C8H7Cl2NO/c1-5-2-6(8(10)11-12)4-7(9)3-5/h2-4,12H,1H3. The lowest BCUT2D eigenvalue weighted by molar-refractivity contribution is 0.321. The maximum atomic E-state index is 8.38. The van der Waals surface area contributed by atoms with Gasteiger partial charge in [-0.15, -0.1) is 0 Å². The monoisotopic (exact) mass is 203 g/mol. The number of benzene rings is 1. The molecular weight excluding hydrogens is 197 g/mol. The fraction of sp³-hybridized carbons (Fsp3) is 0.125. The highest BCUT2D eigenvalue weighted by molar-refractivity contribution is 6.69. The number of rotatable bonds is 1. The molecule has 1 N–H and O–H groups in total. The second-order valence-electron chi connectivity index (χ2n) is 2.41. The van der Waals surface area contributed by atoms with Crippen molar-refractivity contribution in [1.82, 2.24) is 0 Å². The number of halogens is 2. The molecule has 1 aromatic carbocycles. The Morgan fingerprint density at radius 1 is 1.42 bits per heavy atom. The van der Waals surface area contributed by atoms with Crippen LogP contribution in [0.25, 0.3) is 0 Å². The maximum Gasteiger partial charge on any atom is 0.175 e. The number of oxime groups is 1. The molecule has 0 aliphatic rings. The molecule has 0 saturated carbocycles. The molecule has 1 aromatic rings. The summed E-state index contributed by atoms with van der Waals surface area (Å²) >= 11 is 11.3. The third kappa shape index (κ3) is 2.13. The highest BCUT2D eigenvalue weighted by atomic mass is 35.5. The Morgan fingerprint density at radius 2 is 2.08 bits per heavy atom. The van der Waals surface area contributed by atoms with Gasteiger partial charge in [0.05, 0.1) is 0 Å². The van der Waals surface area contributed by atoms with Crippen molar-refractivity contribution in [2.45, 2.75) is 6.92 Å². The third-order valence-corrected chi connectivity index (χ3v) is 1.88. The van der Waals surface area contributed by atoms with Crippen molar-refractivity contribution in [2.24, 2.45) is 5.16 Å². The molecule has 0 bridgehead atoms. The van der Waals surface area contributed by atoms with Crippen molar-refractivity contribution < 1.29 is 5.21 Å². The molecule has 0 aliphatic heterocycles. The Bertz CT molecular complexity index is 303. The molecule has 0 amide bonds. The summed E-state index contributed by atoms with van der Waals surface area (Å²) in [6.45, 7) is 1.89. The van der Waals surface area contributed by atoms with Gasteiger partial charge in [-0.1, -0.05) is 28.4 Å². The average Bonchev–Trinajstić information content (AvgIpc) is 2.01. The Labute approximate surface area is 80.4 Å². The van der Waals surface area contributed by atoms with E-state index in [-0.39, 0.29) is 5.17 Å². The molecular formula is C8H7Cl2NO. The van der Waals surface area contributed by atoms with Crippen LogP contribution < -0.4 is 0 Å². The minimum absolute atomic E-state index is 0.0422. The van der Waals surface area contributed by atoms with E-state index in [4.69, 9.17) is 28.4 Å². The van der Waals surface area contributed by atoms with Crippen LogP contribution in [-0.4, -0.2) is 10.4 Å². The van der Waals surface area contributed by atoms with Crippen LogP contribution in [0.5, 0.6) is 0 Å². The van der Waals surface area contributed by atoms with E-state index in [0.29, 0.717) is 10.6 Å². The van der Waals surface area contributed by atoms with E-state index < -0.39 is 0 Å².